The largest absolute Gasteiger partial charge is 0.462 e. The number of carbonyl (C=O) groups is 2. The molecule has 0 radical (unpaired) electrons. The number of fused-ring (bicyclic) bond motifs is 1. The SMILES string of the molecule is [2H]C1=C([2H])[C@]([2H])(C)[C@H](CCC2C[C@@H](O)C([2H])([2H])C(=O)O2)[C@@H]2C1=C([2H])[C@]([2H])(C([2H])([2H])[2H])C([2H])([2H])C2OC(=O)[C@@H](C([2H])([2H])[2H])C([2H])([2H])C([2H])([2H])[2H]. The number of cyclic esters (lactones) is 1. The summed E-state index contributed by atoms with van der Waals surface area (Å²) in [6.07, 6.45) is -17.3. The van der Waals surface area contributed by atoms with Gasteiger partial charge in [-0.25, -0.2) is 0 Å². The van der Waals surface area contributed by atoms with E-state index in [4.69, 9.17) is 36.9 Å². The number of hydrogen-bond donors (Lipinski definition) is 1. The molecule has 0 spiro atoms. The molecule has 0 aromatic carbocycles. The molecule has 0 aromatic rings. The van der Waals surface area contributed by atoms with E-state index in [1.165, 1.54) is 0 Å². The maximum absolute atomic E-state index is 13.6. The lowest BCUT2D eigenvalue weighted by molar-refractivity contribution is -0.162. The molecule has 3 aliphatic rings. The van der Waals surface area contributed by atoms with Crippen LogP contribution in [-0.4, -0.2) is 35.4 Å². The average molecular weight is 425 g/mol. The van der Waals surface area contributed by atoms with E-state index in [9.17, 15) is 14.7 Å². The summed E-state index contributed by atoms with van der Waals surface area (Å²) in [6, 6.07) is -3.19. The molecule has 3 rings (SSSR count). The fourth-order valence-corrected chi connectivity index (χ4v) is 3.66. The van der Waals surface area contributed by atoms with Crippen LogP contribution in [0.4, 0.5) is 0 Å². The van der Waals surface area contributed by atoms with Crippen molar-refractivity contribution in [3.8, 4) is 0 Å². The van der Waals surface area contributed by atoms with Crippen molar-refractivity contribution in [3.63, 3.8) is 0 Å². The molecule has 5 heteroatoms. The van der Waals surface area contributed by atoms with Gasteiger partial charge < -0.3 is 14.6 Å². The van der Waals surface area contributed by atoms with E-state index in [2.05, 4.69) is 0 Å². The maximum Gasteiger partial charge on any atom is 0.308 e. The number of allylic oxidation sites excluding steroid dienone is 3. The van der Waals surface area contributed by atoms with Crippen LogP contribution in [0.25, 0.3) is 0 Å². The molecule has 1 N–H and O–H groups in total. The minimum atomic E-state index is -3.85. The summed E-state index contributed by atoms with van der Waals surface area (Å²) in [6.45, 7) is -10.2. The van der Waals surface area contributed by atoms with E-state index in [1.807, 2.05) is 0 Å². The quantitative estimate of drug-likeness (QED) is 0.647. The van der Waals surface area contributed by atoms with E-state index >= 15 is 0 Å². The third-order valence-corrected chi connectivity index (χ3v) is 5.06. The van der Waals surface area contributed by atoms with Gasteiger partial charge in [0.25, 0.3) is 0 Å². The van der Waals surface area contributed by atoms with Crippen LogP contribution in [0.3, 0.4) is 0 Å². The Morgan fingerprint density at radius 1 is 1.59 bits per heavy atom. The number of aliphatic hydroxyl groups excluding tert-OH is 1. The molecule has 162 valence electrons. The highest BCUT2D eigenvalue weighted by Crippen LogP contribution is 2.45. The van der Waals surface area contributed by atoms with Crippen molar-refractivity contribution in [2.75, 3.05) is 0 Å². The monoisotopic (exact) mass is 424 g/mol. The van der Waals surface area contributed by atoms with Crippen LogP contribution in [0.15, 0.2) is 23.7 Å². The fourth-order valence-electron chi connectivity index (χ4n) is 3.66. The van der Waals surface area contributed by atoms with Crippen molar-refractivity contribution >= 4 is 11.9 Å². The molecule has 29 heavy (non-hydrogen) atoms. The molecule has 8 atom stereocenters. The lowest BCUT2D eigenvalue weighted by atomic mass is 9.65. The average Bonchev–Trinajstić information content (AvgIpc) is 2.89. The van der Waals surface area contributed by atoms with Gasteiger partial charge in [-0.05, 0) is 48.9 Å². The van der Waals surface area contributed by atoms with E-state index in [1.54, 1.807) is 0 Å². The van der Waals surface area contributed by atoms with Gasteiger partial charge in [0.2, 0.25) is 0 Å². The molecule has 1 saturated heterocycles. The Morgan fingerprint density at radius 2 is 2.45 bits per heavy atom. The van der Waals surface area contributed by atoms with Crippen molar-refractivity contribution in [1.29, 1.82) is 0 Å². The van der Waals surface area contributed by atoms with Crippen LogP contribution in [0.1, 0.15) is 93.3 Å². The zero-order chi connectivity index (χ0) is 38.5. The second kappa shape index (κ2) is 9.46. The van der Waals surface area contributed by atoms with Gasteiger partial charge in [-0.15, -0.1) is 0 Å². The van der Waals surface area contributed by atoms with Crippen LogP contribution in [-0.2, 0) is 19.1 Å². The number of ether oxygens (including phenoxy) is 2. The van der Waals surface area contributed by atoms with Gasteiger partial charge in [0.15, 0.2) is 0 Å². The third-order valence-electron chi connectivity index (χ3n) is 5.06. The summed E-state index contributed by atoms with van der Waals surface area (Å²) in [7, 11) is 0. The molecule has 0 bridgehead atoms. The van der Waals surface area contributed by atoms with E-state index < -0.39 is 136 Å². The standard InChI is InChI=1S/C24H36O5/c1-5-15(3)24(27)29-21-11-14(2)10-17-7-6-16(4)20(23(17)21)9-8-19-12-18(25)13-22(26)28-19/h6-7,10,14-16,18-21,23,25H,5,8-9,11-13H2,1-4H3/t14-,15-,16-,18+,19?,20-,21?,23-/m0/s1/i1D3,2D3,3D3,5D2,6D,7D,10D,11D2,13D2,14D,16D. The Bertz CT molecular complexity index is 1410. The molecule has 0 saturated carbocycles. The molecule has 2 unspecified atom stereocenters. The highest BCUT2D eigenvalue weighted by Gasteiger charge is 2.42. The Labute approximate surface area is 202 Å². The Hall–Kier alpha value is -1.62. The van der Waals surface area contributed by atoms with Gasteiger partial charge in [-0.3, -0.25) is 9.59 Å². The topological polar surface area (TPSA) is 72.8 Å². The van der Waals surface area contributed by atoms with Crippen molar-refractivity contribution in [3.05, 3.63) is 23.7 Å². The lowest BCUT2D eigenvalue weighted by Crippen LogP contribution is -2.42. The van der Waals surface area contributed by atoms with Crippen LogP contribution >= 0.6 is 0 Å². The first kappa shape index (κ1) is 7.81. The second-order valence-electron chi connectivity index (χ2n) is 7.06. The number of hydrogen-bond acceptors (Lipinski definition) is 5. The number of rotatable bonds is 6. The van der Waals surface area contributed by atoms with Crippen molar-refractivity contribution in [2.45, 2.75) is 84.2 Å². The summed E-state index contributed by atoms with van der Waals surface area (Å²) in [4.78, 5) is 25.9. The van der Waals surface area contributed by atoms with Crippen molar-refractivity contribution in [1.82, 2.24) is 0 Å². The molecular formula is C24H36O5. The summed E-state index contributed by atoms with van der Waals surface area (Å²) in [5, 5.41) is 10.2. The first-order valence-corrected chi connectivity index (χ1v) is 9.12. The maximum atomic E-state index is 13.6. The minimum Gasteiger partial charge on any atom is -0.462 e. The van der Waals surface area contributed by atoms with Gasteiger partial charge in [0.05, 0.1) is 22.5 Å². The number of esters is 2. The van der Waals surface area contributed by atoms with Gasteiger partial charge >= 0.3 is 11.9 Å². The van der Waals surface area contributed by atoms with Crippen LogP contribution in [0.2, 0.25) is 0 Å². The summed E-state index contributed by atoms with van der Waals surface area (Å²) >= 11 is 0. The first-order chi connectivity index (χ1) is 21.6. The van der Waals surface area contributed by atoms with E-state index in [0.717, 1.165) is 6.92 Å². The van der Waals surface area contributed by atoms with Crippen LogP contribution in [0.5, 0.6) is 0 Å². The molecule has 1 aliphatic heterocycles. The van der Waals surface area contributed by atoms with E-state index in [-0.39, 0.29) is 6.42 Å². The second-order valence-corrected chi connectivity index (χ2v) is 7.06. The molecule has 0 aromatic heterocycles. The zero-order valence-corrected chi connectivity index (χ0v) is 15.7. The van der Waals surface area contributed by atoms with Gasteiger partial charge in [-0.2, -0.15) is 0 Å². The highest BCUT2D eigenvalue weighted by atomic mass is 16.5. The van der Waals surface area contributed by atoms with E-state index in [0.29, 0.717) is 0 Å². The van der Waals surface area contributed by atoms with Gasteiger partial charge in [0, 0.05) is 35.6 Å². The Morgan fingerprint density at radius 3 is 3.17 bits per heavy atom. The summed E-state index contributed by atoms with van der Waals surface area (Å²) in [5.74, 6) is -16.3. The Balaban J connectivity index is 2.30. The predicted molar refractivity (Wildman–Crippen MR) is 111 cm³/mol. The number of carbonyl (C=O) groups excluding carboxylic acids is 2. The van der Waals surface area contributed by atoms with Crippen molar-refractivity contribution in [2.24, 2.45) is 29.5 Å². The molecule has 1 fully saturated rings. The summed E-state index contributed by atoms with van der Waals surface area (Å²) < 4.78 is 173. The lowest BCUT2D eigenvalue weighted by Gasteiger charge is -2.43. The minimum absolute atomic E-state index is 0.343. The normalized spacial score (nSPS) is 59.4. The molecule has 1 heterocycles. The first-order valence-electron chi connectivity index (χ1n) is 19.1. The zero-order valence-electron chi connectivity index (χ0n) is 35.7. The number of aliphatic hydroxyl groups is 1. The molecule has 0 amide bonds. The van der Waals surface area contributed by atoms with Crippen LogP contribution < -0.4 is 0 Å². The molecule has 5 nitrogen and oxygen atoms in total. The van der Waals surface area contributed by atoms with Gasteiger partial charge in [0.1, 0.15) is 12.2 Å². The molecule has 2 aliphatic carbocycles. The smallest absolute Gasteiger partial charge is 0.308 e. The fraction of sp³-hybridized carbons (Fsp3) is 0.750. The summed E-state index contributed by atoms with van der Waals surface area (Å²) in [5.41, 5.74) is -0.819. The molecular weight excluding hydrogens is 368 g/mol. The Kier molecular flexibility index (Phi) is 2.55. The predicted octanol–water partition coefficient (Wildman–Crippen LogP) is 4.20. The third kappa shape index (κ3) is 5.30. The van der Waals surface area contributed by atoms with Crippen LogP contribution in [0, 0.1) is 29.5 Å². The highest BCUT2D eigenvalue weighted by molar-refractivity contribution is 5.72. The van der Waals surface area contributed by atoms with Gasteiger partial charge in [-0.1, -0.05) is 45.6 Å². The van der Waals surface area contributed by atoms with Crippen molar-refractivity contribution < 1.29 is 51.6 Å².